The van der Waals surface area contributed by atoms with E-state index in [-0.39, 0.29) is 18.9 Å². The summed E-state index contributed by atoms with van der Waals surface area (Å²) in [4.78, 5) is 22.7. The number of hydrogen-bond donors (Lipinski definition) is 3. The van der Waals surface area contributed by atoms with Gasteiger partial charge in [-0.25, -0.2) is 9.59 Å². The second-order valence-electron chi connectivity index (χ2n) is 5.22. The molecule has 2 atom stereocenters. The molecule has 3 N–H and O–H groups in total. The molecule has 116 valence electrons. The topological polar surface area (TPSA) is 95.9 Å². The van der Waals surface area contributed by atoms with Crippen LogP contribution in [0, 0.1) is 5.92 Å². The van der Waals surface area contributed by atoms with Gasteiger partial charge in [-0.3, -0.25) is 0 Å². The van der Waals surface area contributed by atoms with Crippen LogP contribution in [-0.2, 0) is 16.1 Å². The van der Waals surface area contributed by atoms with Crippen LogP contribution >= 0.6 is 0 Å². The average molecular weight is 295 g/mol. The van der Waals surface area contributed by atoms with E-state index in [9.17, 15) is 14.7 Å². The zero-order valence-corrected chi connectivity index (χ0v) is 12.2. The van der Waals surface area contributed by atoms with Gasteiger partial charge < -0.3 is 20.3 Å². The van der Waals surface area contributed by atoms with Crippen LogP contribution in [0.3, 0.4) is 0 Å². The Balaban J connectivity index is 2.51. The summed E-state index contributed by atoms with van der Waals surface area (Å²) in [7, 11) is 0. The fourth-order valence-electron chi connectivity index (χ4n) is 1.83. The number of rotatable bonds is 7. The average Bonchev–Trinajstić information content (AvgIpc) is 2.42. The molecule has 0 aliphatic heterocycles. The zero-order chi connectivity index (χ0) is 15.8. The molecule has 1 rings (SSSR count). The Morgan fingerprint density at radius 3 is 2.38 bits per heavy atom. The van der Waals surface area contributed by atoms with Crippen molar-refractivity contribution in [3.05, 3.63) is 35.9 Å². The molecule has 0 aliphatic carbocycles. The van der Waals surface area contributed by atoms with Crippen LogP contribution < -0.4 is 5.32 Å². The van der Waals surface area contributed by atoms with Gasteiger partial charge in [0.15, 0.2) is 6.04 Å². The van der Waals surface area contributed by atoms with Crippen LogP contribution in [0.1, 0.15) is 25.8 Å². The van der Waals surface area contributed by atoms with E-state index in [1.807, 2.05) is 32.0 Å². The molecule has 0 saturated carbocycles. The van der Waals surface area contributed by atoms with Gasteiger partial charge in [0, 0.05) is 0 Å². The summed E-state index contributed by atoms with van der Waals surface area (Å²) in [6, 6.07) is 7.65. The minimum atomic E-state index is -1.38. The summed E-state index contributed by atoms with van der Waals surface area (Å²) in [6.45, 7) is 3.75. The van der Waals surface area contributed by atoms with Crippen molar-refractivity contribution in [2.75, 3.05) is 0 Å². The lowest BCUT2D eigenvalue weighted by Crippen LogP contribution is -2.49. The standard InChI is InChI=1S/C15H21NO5/c1-10(2)8-12(17)13(14(18)19)16-15(20)21-9-11-6-4-3-5-7-11/h3-7,10,12-13,17H,8-9H2,1-2H3,(H,16,20)(H,18,19). The van der Waals surface area contributed by atoms with Crippen LogP contribution in [0.2, 0.25) is 0 Å². The highest BCUT2D eigenvalue weighted by atomic mass is 16.5. The quantitative estimate of drug-likeness (QED) is 0.712. The molecule has 0 radical (unpaired) electrons. The molecule has 21 heavy (non-hydrogen) atoms. The number of alkyl carbamates (subject to hydrolysis) is 1. The Kier molecular flexibility index (Phi) is 6.68. The molecule has 0 bridgehead atoms. The zero-order valence-electron chi connectivity index (χ0n) is 12.2. The molecule has 0 aromatic heterocycles. The second kappa shape index (κ2) is 8.26. The highest BCUT2D eigenvalue weighted by molar-refractivity contribution is 5.80. The second-order valence-corrected chi connectivity index (χ2v) is 5.22. The third-order valence-corrected chi connectivity index (χ3v) is 2.85. The Morgan fingerprint density at radius 1 is 1.24 bits per heavy atom. The van der Waals surface area contributed by atoms with Crippen molar-refractivity contribution in [3.63, 3.8) is 0 Å². The Hall–Kier alpha value is -2.08. The molecule has 1 aromatic carbocycles. The van der Waals surface area contributed by atoms with Gasteiger partial charge in [0.25, 0.3) is 0 Å². The number of aliphatic hydroxyl groups excluding tert-OH is 1. The number of carbonyl (C=O) groups is 2. The normalized spacial score (nSPS) is 13.5. The molecule has 2 unspecified atom stereocenters. The molecule has 0 aliphatic rings. The van der Waals surface area contributed by atoms with Crippen LogP contribution in [0.15, 0.2) is 30.3 Å². The first-order chi connectivity index (χ1) is 9.90. The number of carbonyl (C=O) groups excluding carboxylic acids is 1. The Morgan fingerprint density at radius 2 is 1.86 bits per heavy atom. The molecule has 6 heteroatoms. The third-order valence-electron chi connectivity index (χ3n) is 2.85. The summed E-state index contributed by atoms with van der Waals surface area (Å²) in [6.07, 6.45) is -1.75. The van der Waals surface area contributed by atoms with Gasteiger partial charge in [0.2, 0.25) is 0 Å². The van der Waals surface area contributed by atoms with Crippen molar-refractivity contribution in [1.82, 2.24) is 5.32 Å². The van der Waals surface area contributed by atoms with E-state index < -0.39 is 24.2 Å². The maximum absolute atomic E-state index is 11.6. The van der Waals surface area contributed by atoms with E-state index in [0.717, 1.165) is 5.56 Å². The van der Waals surface area contributed by atoms with E-state index in [4.69, 9.17) is 9.84 Å². The van der Waals surface area contributed by atoms with E-state index >= 15 is 0 Å². The molecule has 0 saturated heterocycles. The van der Waals surface area contributed by atoms with Crippen LogP contribution in [0.5, 0.6) is 0 Å². The minimum absolute atomic E-state index is 0.0410. The number of benzene rings is 1. The van der Waals surface area contributed by atoms with Crippen molar-refractivity contribution in [2.45, 2.75) is 39.0 Å². The number of carboxylic acids is 1. The lowest BCUT2D eigenvalue weighted by molar-refractivity contribution is -0.142. The Bertz CT molecular complexity index is 460. The number of ether oxygens (including phenoxy) is 1. The predicted molar refractivity (Wildman–Crippen MR) is 76.6 cm³/mol. The number of hydrogen-bond acceptors (Lipinski definition) is 4. The van der Waals surface area contributed by atoms with Gasteiger partial charge in [-0.1, -0.05) is 44.2 Å². The first-order valence-corrected chi connectivity index (χ1v) is 6.78. The Labute approximate surface area is 123 Å². The fraction of sp³-hybridized carbons (Fsp3) is 0.467. The molecular weight excluding hydrogens is 274 g/mol. The number of aliphatic carboxylic acids is 1. The smallest absolute Gasteiger partial charge is 0.408 e. The molecule has 0 spiro atoms. The van der Waals surface area contributed by atoms with E-state index in [1.54, 1.807) is 12.1 Å². The molecule has 1 aromatic rings. The van der Waals surface area contributed by atoms with Crippen LogP contribution in [0.4, 0.5) is 4.79 Å². The maximum atomic E-state index is 11.6. The summed E-state index contributed by atoms with van der Waals surface area (Å²) in [5.41, 5.74) is 0.794. The lowest BCUT2D eigenvalue weighted by atomic mass is 10.0. The van der Waals surface area contributed by atoms with Crippen molar-refractivity contribution in [3.8, 4) is 0 Å². The van der Waals surface area contributed by atoms with Gasteiger partial charge in [0.05, 0.1) is 6.10 Å². The molecular formula is C15H21NO5. The largest absolute Gasteiger partial charge is 0.480 e. The monoisotopic (exact) mass is 295 g/mol. The lowest BCUT2D eigenvalue weighted by Gasteiger charge is -2.21. The highest BCUT2D eigenvalue weighted by Crippen LogP contribution is 2.09. The summed E-state index contributed by atoms with van der Waals surface area (Å²) < 4.78 is 4.94. The first kappa shape index (κ1) is 17.0. The maximum Gasteiger partial charge on any atom is 0.408 e. The summed E-state index contributed by atoms with van der Waals surface area (Å²) in [5, 5.41) is 21.1. The van der Waals surface area contributed by atoms with Gasteiger partial charge in [-0.15, -0.1) is 0 Å². The van der Waals surface area contributed by atoms with Crippen LogP contribution in [0.25, 0.3) is 0 Å². The number of nitrogens with one attached hydrogen (secondary N) is 1. The van der Waals surface area contributed by atoms with E-state index in [1.165, 1.54) is 0 Å². The highest BCUT2D eigenvalue weighted by Gasteiger charge is 2.29. The van der Waals surface area contributed by atoms with E-state index in [2.05, 4.69) is 5.32 Å². The van der Waals surface area contributed by atoms with Gasteiger partial charge in [-0.05, 0) is 17.9 Å². The summed E-state index contributed by atoms with van der Waals surface area (Å²) >= 11 is 0. The number of amides is 1. The van der Waals surface area contributed by atoms with Gasteiger partial charge in [0.1, 0.15) is 6.61 Å². The summed E-state index contributed by atoms with van der Waals surface area (Å²) in [5.74, 6) is -1.18. The molecule has 0 fully saturated rings. The van der Waals surface area contributed by atoms with Crippen molar-refractivity contribution in [2.24, 2.45) is 5.92 Å². The number of carboxylic acid groups (broad SMARTS) is 1. The number of aliphatic hydroxyl groups is 1. The molecule has 1 amide bonds. The SMILES string of the molecule is CC(C)CC(O)C(NC(=O)OCc1ccccc1)C(=O)O. The van der Waals surface area contributed by atoms with Gasteiger partial charge in [-0.2, -0.15) is 0 Å². The molecule has 0 heterocycles. The van der Waals surface area contributed by atoms with E-state index in [0.29, 0.717) is 0 Å². The van der Waals surface area contributed by atoms with Crippen molar-refractivity contribution in [1.29, 1.82) is 0 Å². The minimum Gasteiger partial charge on any atom is -0.480 e. The van der Waals surface area contributed by atoms with Crippen molar-refractivity contribution < 1.29 is 24.5 Å². The fourth-order valence-corrected chi connectivity index (χ4v) is 1.83. The molecule has 6 nitrogen and oxygen atoms in total. The van der Waals surface area contributed by atoms with Crippen LogP contribution in [-0.4, -0.2) is 34.4 Å². The van der Waals surface area contributed by atoms with Crippen molar-refractivity contribution >= 4 is 12.1 Å². The van der Waals surface area contributed by atoms with Gasteiger partial charge >= 0.3 is 12.1 Å². The third kappa shape index (κ3) is 6.27. The predicted octanol–water partition coefficient (Wildman–Crippen LogP) is 1.77. The first-order valence-electron chi connectivity index (χ1n) is 6.78.